The van der Waals surface area contributed by atoms with Gasteiger partial charge in [0.15, 0.2) is 0 Å². The third-order valence-electron chi connectivity index (χ3n) is 8.76. The topological polar surface area (TPSA) is 79.2 Å². The third-order valence-corrected chi connectivity index (χ3v) is 8.76. The highest BCUT2D eigenvalue weighted by atomic mass is 16.5. The molecular formula is C35H48N2O4. The molecule has 1 aliphatic heterocycles. The largest absolute Gasteiger partial charge is 0.493 e. The number of carboxylic acids is 1. The molecule has 1 spiro atoms. The van der Waals surface area contributed by atoms with Crippen LogP contribution in [0.1, 0.15) is 110 Å². The number of carbonyl (C=O) groups is 2. The molecule has 1 aliphatic carbocycles. The Morgan fingerprint density at radius 1 is 0.976 bits per heavy atom. The number of ether oxygens (including phenoxy) is 1. The summed E-state index contributed by atoms with van der Waals surface area (Å²) in [4.78, 5) is 31.9. The van der Waals surface area contributed by atoms with E-state index in [1.807, 2.05) is 23.1 Å². The van der Waals surface area contributed by atoms with E-state index in [4.69, 9.17) is 9.73 Å². The number of aliphatic imine (C=N–C) groups is 1. The van der Waals surface area contributed by atoms with Crippen LogP contribution < -0.4 is 4.74 Å². The number of unbranched alkanes of at least 4 members (excludes halogenated alkanes) is 4. The monoisotopic (exact) mass is 560 g/mol. The minimum atomic E-state index is -0.728. The van der Waals surface area contributed by atoms with Gasteiger partial charge in [-0.05, 0) is 63.1 Å². The smallest absolute Gasteiger partial charge is 0.309 e. The van der Waals surface area contributed by atoms with Gasteiger partial charge in [-0.1, -0.05) is 94.3 Å². The van der Waals surface area contributed by atoms with Crippen molar-refractivity contribution < 1.29 is 19.4 Å². The fourth-order valence-corrected chi connectivity index (χ4v) is 5.99. The zero-order valence-electron chi connectivity index (χ0n) is 25.3. The average molecular weight is 561 g/mol. The second-order valence-electron chi connectivity index (χ2n) is 12.5. The molecule has 0 atom stereocenters. The van der Waals surface area contributed by atoms with E-state index < -0.39 is 16.9 Å². The van der Waals surface area contributed by atoms with Gasteiger partial charge < -0.3 is 9.84 Å². The highest BCUT2D eigenvalue weighted by Gasteiger charge is 2.48. The zero-order chi connectivity index (χ0) is 29.3. The Bertz CT molecular complexity index is 1190. The second-order valence-corrected chi connectivity index (χ2v) is 12.5. The molecule has 0 unspecified atom stereocenters. The number of carboxylic acid groups (broad SMARTS) is 1. The predicted octanol–water partition coefficient (Wildman–Crippen LogP) is 8.43. The first-order chi connectivity index (χ1) is 19.8. The normalized spacial score (nSPS) is 16.7. The maximum absolute atomic E-state index is 13.6. The molecule has 1 saturated carbocycles. The van der Waals surface area contributed by atoms with E-state index in [0.717, 1.165) is 98.9 Å². The number of nitrogens with zero attached hydrogens (tertiary/aromatic N) is 2. The minimum absolute atomic E-state index is 0.205. The molecule has 2 aliphatic rings. The van der Waals surface area contributed by atoms with Crippen LogP contribution >= 0.6 is 0 Å². The lowest BCUT2D eigenvalue weighted by Gasteiger charge is -2.29. The number of hydrogen-bond acceptors (Lipinski definition) is 4. The van der Waals surface area contributed by atoms with Gasteiger partial charge in [-0.25, -0.2) is 0 Å². The number of carbonyl (C=O) groups excluding carboxylic acids is 1. The number of rotatable bonds is 15. The molecule has 0 aromatic heterocycles. The van der Waals surface area contributed by atoms with Crippen LogP contribution in [0.2, 0.25) is 0 Å². The lowest BCUT2D eigenvalue weighted by atomic mass is 9.82. The summed E-state index contributed by atoms with van der Waals surface area (Å²) in [7, 11) is 0. The lowest BCUT2D eigenvalue weighted by molar-refractivity contribution is -0.147. The van der Waals surface area contributed by atoms with E-state index in [-0.39, 0.29) is 5.91 Å². The molecule has 2 aromatic rings. The molecule has 6 nitrogen and oxygen atoms in total. The molecule has 222 valence electrons. The van der Waals surface area contributed by atoms with Gasteiger partial charge in [0, 0.05) is 12.0 Å². The molecule has 2 aromatic carbocycles. The van der Waals surface area contributed by atoms with Gasteiger partial charge in [0.25, 0.3) is 5.91 Å². The van der Waals surface area contributed by atoms with Crippen LogP contribution in [0, 0.1) is 5.41 Å². The lowest BCUT2D eigenvalue weighted by Crippen LogP contribution is -2.43. The van der Waals surface area contributed by atoms with Crippen LogP contribution in [-0.2, 0) is 16.1 Å². The Morgan fingerprint density at radius 2 is 1.68 bits per heavy atom. The SMILES string of the molecule is CCCCC1=NC2(CCCCC2)C(=O)N1Cc1ccc(-c2ccccc2OCCCCCCC(C)(C)C(=O)O)cc1. The number of para-hydroxylation sites is 1. The summed E-state index contributed by atoms with van der Waals surface area (Å²) in [6.45, 7) is 6.98. The molecule has 1 amide bonds. The predicted molar refractivity (Wildman–Crippen MR) is 165 cm³/mol. The summed E-state index contributed by atoms with van der Waals surface area (Å²) in [6.07, 6.45) is 12.7. The van der Waals surface area contributed by atoms with Crippen LogP contribution in [-0.4, -0.2) is 39.9 Å². The van der Waals surface area contributed by atoms with Gasteiger partial charge in [0.05, 0.1) is 18.6 Å². The Balaban J connectivity index is 1.33. The van der Waals surface area contributed by atoms with Crippen molar-refractivity contribution in [3.63, 3.8) is 0 Å². The first-order valence-electron chi connectivity index (χ1n) is 15.7. The van der Waals surface area contributed by atoms with Crippen LogP contribution in [0.3, 0.4) is 0 Å². The quantitative estimate of drug-likeness (QED) is 0.222. The highest BCUT2D eigenvalue weighted by molar-refractivity contribution is 6.08. The maximum atomic E-state index is 13.6. The van der Waals surface area contributed by atoms with Crippen molar-refractivity contribution in [3.05, 3.63) is 54.1 Å². The van der Waals surface area contributed by atoms with Crippen molar-refractivity contribution in [3.8, 4) is 16.9 Å². The first kappa shape index (κ1) is 30.8. The molecule has 0 radical (unpaired) electrons. The maximum Gasteiger partial charge on any atom is 0.309 e. The van der Waals surface area contributed by atoms with Crippen molar-refractivity contribution in [1.29, 1.82) is 0 Å². The Labute approximate surface area is 246 Å². The number of hydrogen-bond donors (Lipinski definition) is 1. The molecule has 4 rings (SSSR count). The van der Waals surface area contributed by atoms with Crippen LogP contribution in [0.5, 0.6) is 5.75 Å². The van der Waals surface area contributed by atoms with E-state index in [0.29, 0.717) is 19.6 Å². The van der Waals surface area contributed by atoms with Gasteiger partial charge in [0.1, 0.15) is 17.1 Å². The van der Waals surface area contributed by atoms with Crippen molar-refractivity contribution in [2.45, 2.75) is 116 Å². The summed E-state index contributed by atoms with van der Waals surface area (Å²) < 4.78 is 6.18. The Hall–Kier alpha value is -3.15. The van der Waals surface area contributed by atoms with Crippen molar-refractivity contribution in [2.24, 2.45) is 10.4 Å². The van der Waals surface area contributed by atoms with E-state index >= 15 is 0 Å². The first-order valence-corrected chi connectivity index (χ1v) is 15.7. The number of amides is 1. The average Bonchev–Trinajstić information content (AvgIpc) is 3.21. The molecule has 0 saturated heterocycles. The van der Waals surface area contributed by atoms with Gasteiger partial charge in [-0.15, -0.1) is 0 Å². The molecule has 1 N–H and O–H groups in total. The van der Waals surface area contributed by atoms with E-state index in [2.05, 4.69) is 37.3 Å². The minimum Gasteiger partial charge on any atom is -0.493 e. The molecule has 6 heteroatoms. The summed E-state index contributed by atoms with van der Waals surface area (Å²) >= 11 is 0. The number of benzene rings is 2. The van der Waals surface area contributed by atoms with Gasteiger partial charge in [-0.3, -0.25) is 19.5 Å². The van der Waals surface area contributed by atoms with Crippen molar-refractivity contribution >= 4 is 17.7 Å². The zero-order valence-corrected chi connectivity index (χ0v) is 25.3. The highest BCUT2D eigenvalue weighted by Crippen LogP contribution is 2.39. The van der Waals surface area contributed by atoms with Crippen molar-refractivity contribution in [2.75, 3.05) is 6.61 Å². The van der Waals surface area contributed by atoms with Gasteiger partial charge >= 0.3 is 5.97 Å². The molecular weight excluding hydrogens is 512 g/mol. The van der Waals surface area contributed by atoms with Gasteiger partial charge in [-0.2, -0.15) is 0 Å². The molecule has 1 fully saturated rings. The van der Waals surface area contributed by atoms with E-state index in [1.165, 1.54) is 6.42 Å². The summed E-state index contributed by atoms with van der Waals surface area (Å²) in [5.41, 5.74) is 2.11. The van der Waals surface area contributed by atoms with E-state index in [1.54, 1.807) is 13.8 Å². The second kappa shape index (κ2) is 14.2. The van der Waals surface area contributed by atoms with Crippen LogP contribution in [0.25, 0.3) is 11.1 Å². The number of aliphatic carboxylic acids is 1. The Kier molecular flexibility index (Phi) is 10.6. The summed E-state index contributed by atoms with van der Waals surface area (Å²) in [5.74, 6) is 1.33. The third kappa shape index (κ3) is 7.78. The summed E-state index contributed by atoms with van der Waals surface area (Å²) in [6, 6.07) is 16.6. The fraction of sp³-hybridized carbons (Fsp3) is 0.571. The molecule has 41 heavy (non-hydrogen) atoms. The van der Waals surface area contributed by atoms with Crippen LogP contribution in [0.4, 0.5) is 0 Å². The standard InChI is InChI=1S/C35H48N2O4/c1-4-5-17-31-36-35(23-12-8-13-24-35)32(38)37(31)26-27-18-20-28(21-19-27)29-15-9-10-16-30(29)41-25-14-7-6-11-22-34(2,3)33(39)40/h9-10,15-16,18-21H,4-8,11-14,17,22-26H2,1-3H3,(H,39,40). The Morgan fingerprint density at radius 3 is 2.39 bits per heavy atom. The van der Waals surface area contributed by atoms with Crippen molar-refractivity contribution in [1.82, 2.24) is 4.90 Å². The van der Waals surface area contributed by atoms with E-state index in [9.17, 15) is 14.7 Å². The number of amidine groups is 1. The molecule has 0 bridgehead atoms. The fourth-order valence-electron chi connectivity index (χ4n) is 5.99. The summed E-state index contributed by atoms with van der Waals surface area (Å²) in [5, 5.41) is 9.26. The van der Waals surface area contributed by atoms with Crippen LogP contribution in [0.15, 0.2) is 53.5 Å². The molecule has 1 heterocycles. The van der Waals surface area contributed by atoms with Gasteiger partial charge in [0.2, 0.25) is 0 Å².